The van der Waals surface area contributed by atoms with Gasteiger partial charge in [0.15, 0.2) is 0 Å². The van der Waals surface area contributed by atoms with Crippen molar-refractivity contribution in [1.82, 2.24) is 4.90 Å². The molecule has 4 nitrogen and oxygen atoms in total. The van der Waals surface area contributed by atoms with E-state index in [0.717, 1.165) is 6.42 Å². The van der Waals surface area contributed by atoms with Crippen LogP contribution in [-0.4, -0.2) is 34.5 Å². The van der Waals surface area contributed by atoms with E-state index in [1.54, 1.807) is 11.0 Å². The van der Waals surface area contributed by atoms with Crippen LogP contribution in [0, 0.1) is 11.8 Å². The van der Waals surface area contributed by atoms with Crippen molar-refractivity contribution < 1.29 is 14.7 Å². The van der Waals surface area contributed by atoms with Crippen LogP contribution >= 0.6 is 0 Å². The van der Waals surface area contributed by atoms with Gasteiger partial charge in [0.2, 0.25) is 5.91 Å². The monoisotopic (exact) mass is 239 g/mol. The molecule has 1 fully saturated rings. The first-order chi connectivity index (χ1) is 7.99. The van der Waals surface area contributed by atoms with Crippen LogP contribution in [0.25, 0.3) is 0 Å². The number of carboxylic acids is 1. The molecule has 1 aliphatic rings. The highest BCUT2D eigenvalue weighted by Gasteiger charge is 2.39. The lowest BCUT2D eigenvalue weighted by molar-refractivity contribution is -0.149. The van der Waals surface area contributed by atoms with Crippen LogP contribution in [0.5, 0.6) is 0 Å². The Morgan fingerprint density at radius 1 is 1.41 bits per heavy atom. The summed E-state index contributed by atoms with van der Waals surface area (Å²) < 4.78 is 0. The zero-order valence-corrected chi connectivity index (χ0v) is 10.6. The minimum atomic E-state index is -0.844. The molecule has 2 atom stereocenters. The Bertz CT molecular complexity index is 312. The van der Waals surface area contributed by atoms with Crippen molar-refractivity contribution in [3.8, 4) is 0 Å². The lowest BCUT2D eigenvalue weighted by Crippen LogP contribution is -2.43. The van der Waals surface area contributed by atoms with E-state index in [9.17, 15) is 9.59 Å². The van der Waals surface area contributed by atoms with E-state index in [0.29, 0.717) is 19.4 Å². The molecular weight excluding hydrogens is 218 g/mol. The topological polar surface area (TPSA) is 57.6 Å². The number of hydrogen-bond donors (Lipinski definition) is 1. The van der Waals surface area contributed by atoms with Gasteiger partial charge in [0.1, 0.15) is 0 Å². The van der Waals surface area contributed by atoms with E-state index in [-0.39, 0.29) is 17.9 Å². The van der Waals surface area contributed by atoms with Crippen molar-refractivity contribution in [1.29, 1.82) is 0 Å². The molecule has 2 unspecified atom stereocenters. The van der Waals surface area contributed by atoms with Crippen molar-refractivity contribution in [2.45, 2.75) is 39.2 Å². The van der Waals surface area contributed by atoms with E-state index in [4.69, 9.17) is 5.11 Å². The first-order valence-electron chi connectivity index (χ1n) is 6.13. The zero-order valence-electron chi connectivity index (χ0n) is 10.6. The number of carbonyl (C=O) groups excluding carboxylic acids is 1. The average Bonchev–Trinajstić information content (AvgIpc) is 2.73. The van der Waals surface area contributed by atoms with Gasteiger partial charge in [-0.25, -0.2) is 0 Å². The fraction of sp³-hybridized carbons (Fsp3) is 0.692. The standard InChI is InChI=1S/C13H21NO3/c1-4-8-14(9(2)3)12(15)10-6-5-7-11(10)13(16)17/h4,9-11H,1,5-8H2,2-3H3,(H,16,17). The highest BCUT2D eigenvalue weighted by molar-refractivity contribution is 5.85. The number of nitrogens with zero attached hydrogens (tertiary/aromatic N) is 1. The van der Waals surface area contributed by atoms with Gasteiger partial charge in [-0.2, -0.15) is 0 Å². The highest BCUT2D eigenvalue weighted by Crippen LogP contribution is 2.33. The SMILES string of the molecule is C=CCN(C(=O)C1CCCC1C(=O)O)C(C)C. The summed E-state index contributed by atoms with van der Waals surface area (Å²) in [6.07, 6.45) is 3.82. The number of hydrogen-bond acceptors (Lipinski definition) is 2. The Morgan fingerprint density at radius 3 is 2.47 bits per heavy atom. The van der Waals surface area contributed by atoms with E-state index < -0.39 is 11.9 Å². The van der Waals surface area contributed by atoms with Crippen LogP contribution in [0.1, 0.15) is 33.1 Å². The number of carbonyl (C=O) groups is 2. The van der Waals surface area contributed by atoms with Crippen LogP contribution in [0.3, 0.4) is 0 Å². The summed E-state index contributed by atoms with van der Waals surface area (Å²) in [4.78, 5) is 25.1. The lowest BCUT2D eigenvalue weighted by atomic mass is 9.94. The van der Waals surface area contributed by atoms with E-state index >= 15 is 0 Å². The number of amides is 1. The van der Waals surface area contributed by atoms with Crippen LogP contribution < -0.4 is 0 Å². The molecule has 1 aliphatic carbocycles. The van der Waals surface area contributed by atoms with Crippen LogP contribution in [0.4, 0.5) is 0 Å². The van der Waals surface area contributed by atoms with Crippen molar-refractivity contribution in [3.05, 3.63) is 12.7 Å². The van der Waals surface area contributed by atoms with E-state index in [1.807, 2.05) is 13.8 Å². The molecule has 17 heavy (non-hydrogen) atoms. The number of aliphatic carboxylic acids is 1. The molecule has 1 amide bonds. The second-order valence-corrected chi connectivity index (χ2v) is 4.86. The summed E-state index contributed by atoms with van der Waals surface area (Å²) in [6, 6.07) is 0.0792. The molecule has 0 bridgehead atoms. The normalized spacial score (nSPS) is 23.7. The third kappa shape index (κ3) is 3.08. The fourth-order valence-electron chi connectivity index (χ4n) is 2.46. The molecule has 1 N–H and O–H groups in total. The van der Waals surface area contributed by atoms with Crippen molar-refractivity contribution in [2.75, 3.05) is 6.54 Å². The smallest absolute Gasteiger partial charge is 0.307 e. The van der Waals surface area contributed by atoms with Crippen LogP contribution in [0.2, 0.25) is 0 Å². The molecule has 0 radical (unpaired) electrons. The summed E-state index contributed by atoms with van der Waals surface area (Å²) in [5, 5.41) is 9.09. The second kappa shape index (κ2) is 5.84. The van der Waals surface area contributed by atoms with Crippen molar-refractivity contribution in [2.24, 2.45) is 11.8 Å². The van der Waals surface area contributed by atoms with Gasteiger partial charge in [0, 0.05) is 12.6 Å². The Labute approximate surface area is 102 Å². The summed E-state index contributed by atoms with van der Waals surface area (Å²) in [7, 11) is 0. The Morgan fingerprint density at radius 2 is 2.00 bits per heavy atom. The third-order valence-corrected chi connectivity index (χ3v) is 3.38. The van der Waals surface area contributed by atoms with E-state index in [2.05, 4.69) is 6.58 Å². The van der Waals surface area contributed by atoms with Gasteiger partial charge in [-0.15, -0.1) is 6.58 Å². The molecule has 0 aromatic heterocycles. The summed E-state index contributed by atoms with van der Waals surface area (Å²) in [6.45, 7) is 7.99. The molecule has 96 valence electrons. The first-order valence-corrected chi connectivity index (χ1v) is 6.13. The molecule has 0 aliphatic heterocycles. The molecule has 0 aromatic rings. The highest BCUT2D eigenvalue weighted by atomic mass is 16.4. The fourth-order valence-corrected chi connectivity index (χ4v) is 2.46. The molecule has 1 saturated carbocycles. The maximum Gasteiger partial charge on any atom is 0.307 e. The Balaban J connectivity index is 2.79. The van der Waals surface area contributed by atoms with Crippen LogP contribution in [0.15, 0.2) is 12.7 Å². The van der Waals surface area contributed by atoms with Gasteiger partial charge < -0.3 is 10.0 Å². The maximum absolute atomic E-state index is 12.3. The predicted octanol–water partition coefficient (Wildman–Crippen LogP) is 1.91. The summed E-state index contributed by atoms with van der Waals surface area (Å²) in [5.74, 6) is -1.74. The molecule has 0 aromatic carbocycles. The van der Waals surface area contributed by atoms with Gasteiger partial charge in [-0.3, -0.25) is 9.59 Å². The molecule has 0 spiro atoms. The van der Waals surface area contributed by atoms with Gasteiger partial charge >= 0.3 is 5.97 Å². The minimum Gasteiger partial charge on any atom is -0.481 e. The minimum absolute atomic E-state index is 0.0372. The quantitative estimate of drug-likeness (QED) is 0.746. The van der Waals surface area contributed by atoms with Gasteiger partial charge in [-0.1, -0.05) is 12.5 Å². The molecule has 1 rings (SSSR count). The Kier molecular flexibility index (Phi) is 4.73. The predicted molar refractivity (Wildman–Crippen MR) is 65.5 cm³/mol. The molecule has 4 heteroatoms. The zero-order chi connectivity index (χ0) is 13.0. The van der Waals surface area contributed by atoms with Crippen LogP contribution in [-0.2, 0) is 9.59 Å². The van der Waals surface area contributed by atoms with E-state index in [1.165, 1.54) is 0 Å². The van der Waals surface area contributed by atoms with Gasteiger partial charge in [-0.05, 0) is 26.7 Å². The summed E-state index contributed by atoms with van der Waals surface area (Å²) in [5.41, 5.74) is 0. The van der Waals surface area contributed by atoms with Gasteiger partial charge in [0.05, 0.1) is 11.8 Å². The lowest BCUT2D eigenvalue weighted by Gasteiger charge is -2.29. The molecule has 0 saturated heterocycles. The molecular formula is C13H21NO3. The van der Waals surface area contributed by atoms with Gasteiger partial charge in [0.25, 0.3) is 0 Å². The maximum atomic E-state index is 12.3. The average molecular weight is 239 g/mol. The number of carboxylic acid groups (broad SMARTS) is 1. The number of rotatable bonds is 5. The summed E-state index contributed by atoms with van der Waals surface area (Å²) >= 11 is 0. The molecule has 0 heterocycles. The largest absolute Gasteiger partial charge is 0.481 e. The first kappa shape index (κ1) is 13.7. The third-order valence-electron chi connectivity index (χ3n) is 3.38. The second-order valence-electron chi connectivity index (χ2n) is 4.86. The Hall–Kier alpha value is -1.32. The van der Waals surface area contributed by atoms with Crippen molar-refractivity contribution in [3.63, 3.8) is 0 Å². The van der Waals surface area contributed by atoms with Crippen molar-refractivity contribution >= 4 is 11.9 Å².